The van der Waals surface area contributed by atoms with Crippen LogP contribution >= 0.6 is 0 Å². The molecule has 0 saturated carbocycles. The smallest absolute Gasteiger partial charge is 0.227 e. The average Bonchev–Trinajstić information content (AvgIpc) is 4.18. The number of benzene rings is 10. The van der Waals surface area contributed by atoms with E-state index in [-0.39, 0.29) is 0 Å². The van der Waals surface area contributed by atoms with Gasteiger partial charge in [-0.1, -0.05) is 164 Å². The quantitative estimate of drug-likeness (QED) is 0.177. The summed E-state index contributed by atoms with van der Waals surface area (Å²) in [6, 6.07) is 81.9. The molecule has 2 aliphatic rings. The molecule has 13 aromatic rings. The first-order chi connectivity index (χ1) is 32.7. The van der Waals surface area contributed by atoms with Crippen LogP contribution in [0.15, 0.2) is 229 Å². The van der Waals surface area contributed by atoms with Gasteiger partial charge in [-0.2, -0.15) is 0 Å². The molecular formula is C62H37N3O. The van der Waals surface area contributed by atoms with Crippen molar-refractivity contribution in [3.8, 4) is 56.2 Å². The van der Waals surface area contributed by atoms with E-state index in [2.05, 4.69) is 234 Å². The molecule has 306 valence electrons. The molecule has 15 rings (SSSR count). The second kappa shape index (κ2) is 13.2. The van der Waals surface area contributed by atoms with Gasteiger partial charge in [-0.3, -0.25) is 0 Å². The zero-order chi connectivity index (χ0) is 43.1. The molecule has 0 saturated heterocycles. The van der Waals surface area contributed by atoms with Crippen LogP contribution in [0.3, 0.4) is 0 Å². The molecule has 0 bridgehead atoms. The van der Waals surface area contributed by atoms with Crippen molar-refractivity contribution in [2.45, 2.75) is 5.41 Å². The summed E-state index contributed by atoms with van der Waals surface area (Å²) in [5, 5.41) is 4.87. The molecular weight excluding hydrogens is 803 g/mol. The summed E-state index contributed by atoms with van der Waals surface area (Å²) in [7, 11) is 0. The Bertz CT molecular complexity index is 3900. The highest BCUT2D eigenvalue weighted by atomic mass is 16.3. The lowest BCUT2D eigenvalue weighted by Crippen LogP contribution is -2.25. The van der Waals surface area contributed by atoms with Crippen LogP contribution in [0.2, 0.25) is 0 Å². The van der Waals surface area contributed by atoms with Gasteiger partial charge in [0.05, 0.1) is 27.5 Å². The van der Waals surface area contributed by atoms with Crippen LogP contribution in [-0.2, 0) is 5.41 Å². The number of hydrogen-bond acceptors (Lipinski definition) is 2. The highest BCUT2D eigenvalue weighted by Crippen LogP contribution is 2.63. The maximum atomic E-state index is 6.91. The Balaban J connectivity index is 0.920. The first kappa shape index (κ1) is 35.7. The van der Waals surface area contributed by atoms with Crippen molar-refractivity contribution in [1.29, 1.82) is 0 Å². The number of oxazole rings is 1. The summed E-state index contributed by atoms with van der Waals surface area (Å²) in [5.74, 6) is 0.578. The molecule has 0 aliphatic heterocycles. The SMILES string of the molecule is c1ccc2c(c1)-c1ccccc1C21c2ccccc2-c2ccc(-c3ccc4nc(-c5cc(-n6c7ccccc7c7ccccc76)cc(-n6c7ccccc7c7ccccc76)c5)oc4c3)cc21. The fourth-order valence-corrected chi connectivity index (χ4v) is 11.9. The number of para-hydroxylation sites is 4. The minimum Gasteiger partial charge on any atom is -0.436 e. The Morgan fingerprint density at radius 3 is 1.24 bits per heavy atom. The molecule has 4 heteroatoms. The van der Waals surface area contributed by atoms with Gasteiger partial charge in [0.15, 0.2) is 5.58 Å². The van der Waals surface area contributed by atoms with Gasteiger partial charge in [0.2, 0.25) is 5.89 Å². The van der Waals surface area contributed by atoms with Crippen LogP contribution in [0.4, 0.5) is 0 Å². The van der Waals surface area contributed by atoms with Crippen LogP contribution in [0.1, 0.15) is 22.3 Å². The third kappa shape index (κ3) is 4.69. The van der Waals surface area contributed by atoms with E-state index in [1.807, 2.05) is 0 Å². The first-order valence-electron chi connectivity index (χ1n) is 22.7. The van der Waals surface area contributed by atoms with Gasteiger partial charge in [0, 0.05) is 38.5 Å². The van der Waals surface area contributed by atoms with Crippen molar-refractivity contribution in [3.63, 3.8) is 0 Å². The number of aromatic nitrogens is 3. The summed E-state index contributed by atoms with van der Waals surface area (Å²) in [5.41, 5.74) is 21.5. The predicted molar refractivity (Wildman–Crippen MR) is 270 cm³/mol. The fraction of sp³-hybridized carbons (Fsp3) is 0.0161. The summed E-state index contributed by atoms with van der Waals surface area (Å²) in [6.45, 7) is 0. The van der Waals surface area contributed by atoms with E-state index in [9.17, 15) is 0 Å². The third-order valence-corrected chi connectivity index (χ3v) is 14.5. The van der Waals surface area contributed by atoms with Gasteiger partial charge in [-0.05, 0) is 116 Å². The van der Waals surface area contributed by atoms with Crippen molar-refractivity contribution >= 4 is 54.7 Å². The molecule has 0 radical (unpaired) electrons. The highest BCUT2D eigenvalue weighted by molar-refractivity contribution is 6.11. The maximum Gasteiger partial charge on any atom is 0.227 e. The van der Waals surface area contributed by atoms with Crippen molar-refractivity contribution < 1.29 is 4.42 Å². The van der Waals surface area contributed by atoms with E-state index in [0.29, 0.717) is 5.89 Å². The van der Waals surface area contributed by atoms with Crippen molar-refractivity contribution in [2.24, 2.45) is 0 Å². The van der Waals surface area contributed by atoms with Gasteiger partial charge >= 0.3 is 0 Å². The summed E-state index contributed by atoms with van der Waals surface area (Å²) >= 11 is 0. The van der Waals surface area contributed by atoms with Crippen LogP contribution < -0.4 is 0 Å². The number of rotatable bonds is 4. The molecule has 0 amide bonds. The van der Waals surface area contributed by atoms with Gasteiger partial charge in [0.1, 0.15) is 5.52 Å². The van der Waals surface area contributed by atoms with Gasteiger partial charge in [-0.15, -0.1) is 0 Å². The monoisotopic (exact) mass is 839 g/mol. The highest BCUT2D eigenvalue weighted by Gasteiger charge is 2.51. The zero-order valence-electron chi connectivity index (χ0n) is 35.6. The molecule has 10 aromatic carbocycles. The predicted octanol–water partition coefficient (Wildman–Crippen LogP) is 15.7. The van der Waals surface area contributed by atoms with Crippen LogP contribution in [0, 0.1) is 0 Å². The molecule has 0 atom stereocenters. The molecule has 0 unspecified atom stereocenters. The second-order valence-corrected chi connectivity index (χ2v) is 17.8. The Morgan fingerprint density at radius 2 is 0.742 bits per heavy atom. The van der Waals surface area contributed by atoms with Crippen LogP contribution in [-0.4, -0.2) is 14.1 Å². The largest absolute Gasteiger partial charge is 0.436 e. The van der Waals surface area contributed by atoms with Gasteiger partial charge < -0.3 is 13.6 Å². The van der Waals surface area contributed by atoms with E-state index in [1.165, 1.54) is 66.1 Å². The zero-order valence-corrected chi connectivity index (χ0v) is 35.6. The summed E-state index contributed by atoms with van der Waals surface area (Å²) < 4.78 is 11.7. The molecule has 2 aliphatic carbocycles. The molecule has 0 N–H and O–H groups in total. The van der Waals surface area contributed by atoms with Gasteiger partial charge in [-0.25, -0.2) is 4.98 Å². The standard InChI is InChI=1S/C62H37N3O/c1-8-22-51-43(15-1)44-16-2-9-23-52(44)62(51)53-24-10-3-17-45(53)46-31-29-38(35-54(46)62)39-30-32-55-60(36-39)66-61(63-55)40-33-41(64-56-25-11-4-18-47(56)48-19-5-12-26-57(48)64)37-42(34-40)65-58-27-13-6-20-49(58)50-21-7-14-28-59(50)65/h1-37H. The normalized spacial score (nSPS) is 13.3. The lowest BCUT2D eigenvalue weighted by atomic mass is 9.70. The average molecular weight is 840 g/mol. The molecule has 1 spiro atoms. The lowest BCUT2D eigenvalue weighted by molar-refractivity contribution is 0.620. The van der Waals surface area contributed by atoms with Crippen LogP contribution in [0.5, 0.6) is 0 Å². The van der Waals surface area contributed by atoms with Crippen molar-refractivity contribution in [3.05, 3.63) is 247 Å². The number of nitrogens with zero attached hydrogens (tertiary/aromatic N) is 3. The minimum absolute atomic E-state index is 0.409. The molecule has 3 aromatic heterocycles. The van der Waals surface area contributed by atoms with Gasteiger partial charge in [0.25, 0.3) is 0 Å². The Hall–Kier alpha value is -8.73. The Kier molecular flexibility index (Phi) is 7.12. The second-order valence-electron chi connectivity index (χ2n) is 17.8. The molecule has 4 nitrogen and oxygen atoms in total. The summed E-state index contributed by atoms with van der Waals surface area (Å²) in [4.78, 5) is 5.22. The van der Waals surface area contributed by atoms with Crippen molar-refractivity contribution in [2.75, 3.05) is 0 Å². The van der Waals surface area contributed by atoms with Crippen molar-refractivity contribution in [1.82, 2.24) is 14.1 Å². The van der Waals surface area contributed by atoms with E-state index in [4.69, 9.17) is 9.40 Å². The first-order valence-corrected chi connectivity index (χ1v) is 22.7. The molecule has 3 heterocycles. The Morgan fingerprint density at radius 1 is 0.333 bits per heavy atom. The Labute approximate surface area is 379 Å². The van der Waals surface area contributed by atoms with E-state index >= 15 is 0 Å². The fourth-order valence-electron chi connectivity index (χ4n) is 11.9. The third-order valence-electron chi connectivity index (χ3n) is 14.5. The van der Waals surface area contributed by atoms with E-state index in [0.717, 1.165) is 61.2 Å². The minimum atomic E-state index is -0.409. The number of fused-ring (bicyclic) bond motifs is 17. The maximum absolute atomic E-state index is 6.91. The van der Waals surface area contributed by atoms with E-state index in [1.54, 1.807) is 0 Å². The lowest BCUT2D eigenvalue weighted by Gasteiger charge is -2.30. The van der Waals surface area contributed by atoms with E-state index < -0.39 is 5.41 Å². The molecule has 0 fully saturated rings. The summed E-state index contributed by atoms with van der Waals surface area (Å²) in [6.07, 6.45) is 0. The number of hydrogen-bond donors (Lipinski definition) is 0. The van der Waals surface area contributed by atoms with Crippen LogP contribution in [0.25, 0.3) is 111 Å². The topological polar surface area (TPSA) is 35.9 Å². The molecule has 66 heavy (non-hydrogen) atoms.